The van der Waals surface area contributed by atoms with Crippen LogP contribution in [0, 0.1) is 17.8 Å². The van der Waals surface area contributed by atoms with Gasteiger partial charge in [-0.3, -0.25) is 0 Å². The molecule has 1 aromatic carbocycles. The van der Waals surface area contributed by atoms with E-state index in [-0.39, 0.29) is 0 Å². The maximum absolute atomic E-state index is 5.48. The van der Waals surface area contributed by atoms with E-state index < -0.39 is 0 Å². The van der Waals surface area contributed by atoms with Gasteiger partial charge >= 0.3 is 0 Å². The Bertz CT molecular complexity index is 568. The summed E-state index contributed by atoms with van der Waals surface area (Å²) in [4.78, 5) is 0. The first-order chi connectivity index (χ1) is 10.2. The summed E-state index contributed by atoms with van der Waals surface area (Å²) in [6.45, 7) is 4.91. The van der Waals surface area contributed by atoms with Crippen molar-refractivity contribution in [2.75, 3.05) is 6.79 Å². The Labute approximate surface area is 126 Å². The van der Waals surface area contributed by atoms with E-state index in [2.05, 4.69) is 43.4 Å². The van der Waals surface area contributed by atoms with Crippen LogP contribution in [0.5, 0.6) is 11.5 Å². The van der Waals surface area contributed by atoms with Crippen LogP contribution < -0.4 is 14.8 Å². The molecule has 0 spiro atoms. The van der Waals surface area contributed by atoms with Crippen LogP contribution in [0.3, 0.4) is 0 Å². The Morgan fingerprint density at radius 3 is 2.71 bits per heavy atom. The molecule has 1 fully saturated rings. The monoisotopic (exact) mass is 285 g/mol. The molecule has 2 aliphatic carbocycles. The van der Waals surface area contributed by atoms with Crippen LogP contribution in [0.4, 0.5) is 0 Å². The summed E-state index contributed by atoms with van der Waals surface area (Å²) in [6.07, 6.45) is 7.57. The van der Waals surface area contributed by atoms with Gasteiger partial charge in [-0.25, -0.2) is 0 Å². The minimum absolute atomic E-state index is 0.331. The molecular weight excluding hydrogens is 262 g/mol. The third kappa shape index (κ3) is 2.34. The van der Waals surface area contributed by atoms with Gasteiger partial charge in [-0.2, -0.15) is 0 Å². The van der Waals surface area contributed by atoms with Crippen molar-refractivity contribution in [2.24, 2.45) is 17.8 Å². The van der Waals surface area contributed by atoms with Crippen molar-refractivity contribution in [3.05, 3.63) is 35.9 Å². The fourth-order valence-electron chi connectivity index (χ4n) is 4.19. The van der Waals surface area contributed by atoms with Gasteiger partial charge in [0.1, 0.15) is 0 Å². The Hall–Kier alpha value is -1.48. The highest BCUT2D eigenvalue weighted by Gasteiger charge is 2.38. The van der Waals surface area contributed by atoms with E-state index in [1.165, 1.54) is 18.4 Å². The zero-order valence-electron chi connectivity index (χ0n) is 12.7. The second-order valence-electron chi connectivity index (χ2n) is 6.73. The molecule has 5 unspecified atom stereocenters. The predicted molar refractivity (Wildman–Crippen MR) is 82.4 cm³/mol. The molecule has 5 atom stereocenters. The number of allylic oxidation sites excluding steroid dienone is 2. The molecule has 2 bridgehead atoms. The molecular formula is C18H23NO2. The third-order valence-corrected chi connectivity index (χ3v) is 5.38. The fourth-order valence-corrected chi connectivity index (χ4v) is 4.19. The van der Waals surface area contributed by atoms with E-state index in [4.69, 9.17) is 9.47 Å². The van der Waals surface area contributed by atoms with Crippen LogP contribution in [0.15, 0.2) is 30.4 Å². The molecule has 3 aliphatic rings. The molecule has 1 saturated carbocycles. The number of nitrogens with one attached hydrogen (secondary N) is 1. The second kappa shape index (κ2) is 5.06. The maximum Gasteiger partial charge on any atom is 0.231 e. The van der Waals surface area contributed by atoms with Gasteiger partial charge in [-0.05, 0) is 62.1 Å². The SMILES string of the molecule is CC(NC(C)C1CC2C=CC1C2)c1ccc2c(c1)OCO2. The number of fused-ring (bicyclic) bond motifs is 3. The summed E-state index contributed by atoms with van der Waals surface area (Å²) < 4.78 is 10.9. The number of hydrogen-bond donors (Lipinski definition) is 1. The number of rotatable bonds is 4. The Balaban J connectivity index is 1.43. The van der Waals surface area contributed by atoms with Gasteiger partial charge < -0.3 is 14.8 Å². The lowest BCUT2D eigenvalue weighted by atomic mass is 9.87. The highest BCUT2D eigenvalue weighted by Crippen LogP contribution is 2.45. The van der Waals surface area contributed by atoms with Crippen LogP contribution in [0.2, 0.25) is 0 Å². The standard InChI is InChI=1S/C18H23NO2/c1-11(14-5-6-17-18(9-14)21-10-20-17)19-12(2)16-8-13-3-4-15(16)7-13/h3-6,9,11-13,15-16,19H,7-8,10H2,1-2H3. The highest BCUT2D eigenvalue weighted by atomic mass is 16.7. The molecule has 0 radical (unpaired) electrons. The lowest BCUT2D eigenvalue weighted by Gasteiger charge is -2.29. The first-order valence-corrected chi connectivity index (χ1v) is 8.04. The Morgan fingerprint density at radius 1 is 1.10 bits per heavy atom. The van der Waals surface area contributed by atoms with Crippen LogP contribution in [0.1, 0.15) is 38.3 Å². The van der Waals surface area contributed by atoms with E-state index in [9.17, 15) is 0 Å². The molecule has 21 heavy (non-hydrogen) atoms. The zero-order valence-corrected chi connectivity index (χ0v) is 12.7. The number of hydrogen-bond acceptors (Lipinski definition) is 3. The van der Waals surface area contributed by atoms with Crippen LogP contribution in [-0.2, 0) is 0 Å². The Morgan fingerprint density at radius 2 is 1.95 bits per heavy atom. The zero-order chi connectivity index (χ0) is 14.4. The molecule has 1 N–H and O–H groups in total. The van der Waals surface area contributed by atoms with Gasteiger partial charge in [0.2, 0.25) is 6.79 Å². The van der Waals surface area contributed by atoms with E-state index in [1.54, 1.807) is 0 Å². The Kier molecular flexibility index (Phi) is 3.18. The molecule has 1 aliphatic heterocycles. The molecule has 3 nitrogen and oxygen atoms in total. The topological polar surface area (TPSA) is 30.5 Å². The second-order valence-corrected chi connectivity index (χ2v) is 6.73. The summed E-state index contributed by atoms with van der Waals surface area (Å²) in [7, 11) is 0. The van der Waals surface area contributed by atoms with E-state index >= 15 is 0 Å². The van der Waals surface area contributed by atoms with Gasteiger partial charge in [-0.1, -0.05) is 18.2 Å². The van der Waals surface area contributed by atoms with E-state index in [0.717, 1.165) is 29.3 Å². The average molecular weight is 285 g/mol. The van der Waals surface area contributed by atoms with Crippen molar-refractivity contribution in [2.45, 2.75) is 38.8 Å². The lowest BCUT2D eigenvalue weighted by molar-refractivity contribution is 0.174. The van der Waals surface area contributed by atoms with Gasteiger partial charge in [0.05, 0.1) is 0 Å². The van der Waals surface area contributed by atoms with E-state index in [1.807, 2.05) is 6.07 Å². The molecule has 1 heterocycles. The molecule has 0 saturated heterocycles. The van der Waals surface area contributed by atoms with Crippen LogP contribution >= 0.6 is 0 Å². The number of ether oxygens (including phenoxy) is 2. The van der Waals surface area contributed by atoms with Crippen molar-refractivity contribution in [1.82, 2.24) is 5.32 Å². The van der Waals surface area contributed by atoms with Crippen molar-refractivity contribution in [1.29, 1.82) is 0 Å². The average Bonchev–Trinajstić information content (AvgIpc) is 3.21. The van der Waals surface area contributed by atoms with Crippen molar-refractivity contribution in [3.63, 3.8) is 0 Å². The fraction of sp³-hybridized carbons (Fsp3) is 0.556. The lowest BCUT2D eigenvalue weighted by Crippen LogP contribution is -2.37. The summed E-state index contributed by atoms with van der Waals surface area (Å²) in [5.41, 5.74) is 1.27. The normalized spacial score (nSPS) is 31.6. The third-order valence-electron chi connectivity index (χ3n) is 5.38. The van der Waals surface area contributed by atoms with Crippen LogP contribution in [0.25, 0.3) is 0 Å². The molecule has 112 valence electrons. The molecule has 1 aromatic rings. The van der Waals surface area contributed by atoms with Crippen molar-refractivity contribution in [3.8, 4) is 11.5 Å². The van der Waals surface area contributed by atoms with Crippen LogP contribution in [-0.4, -0.2) is 12.8 Å². The molecule has 0 amide bonds. The van der Waals surface area contributed by atoms with Crippen molar-refractivity contribution < 1.29 is 9.47 Å². The molecule has 0 aromatic heterocycles. The van der Waals surface area contributed by atoms with Gasteiger partial charge in [-0.15, -0.1) is 0 Å². The largest absolute Gasteiger partial charge is 0.454 e. The van der Waals surface area contributed by atoms with Gasteiger partial charge in [0.15, 0.2) is 11.5 Å². The summed E-state index contributed by atoms with van der Waals surface area (Å²) in [5, 5.41) is 3.78. The van der Waals surface area contributed by atoms with Gasteiger partial charge in [0, 0.05) is 12.1 Å². The smallest absolute Gasteiger partial charge is 0.231 e. The summed E-state index contributed by atoms with van der Waals surface area (Å²) in [6, 6.07) is 7.13. The maximum atomic E-state index is 5.48. The minimum Gasteiger partial charge on any atom is -0.454 e. The minimum atomic E-state index is 0.331. The van der Waals surface area contributed by atoms with Gasteiger partial charge in [0.25, 0.3) is 0 Å². The summed E-state index contributed by atoms with van der Waals surface area (Å²) in [5.74, 6) is 4.15. The first-order valence-electron chi connectivity index (χ1n) is 8.04. The number of benzene rings is 1. The molecule has 4 rings (SSSR count). The highest BCUT2D eigenvalue weighted by molar-refractivity contribution is 5.45. The quantitative estimate of drug-likeness (QED) is 0.856. The predicted octanol–water partition coefficient (Wildman–Crippen LogP) is 3.67. The first kappa shape index (κ1) is 13.2. The summed E-state index contributed by atoms with van der Waals surface area (Å²) >= 11 is 0. The van der Waals surface area contributed by atoms with Crippen molar-refractivity contribution >= 4 is 0 Å². The van der Waals surface area contributed by atoms with E-state index in [0.29, 0.717) is 18.9 Å². The molecule has 3 heteroatoms.